The van der Waals surface area contributed by atoms with Crippen LogP contribution >= 0.6 is 0 Å². The predicted molar refractivity (Wildman–Crippen MR) is 86.6 cm³/mol. The first kappa shape index (κ1) is 14.3. The van der Waals surface area contributed by atoms with E-state index in [2.05, 4.69) is 18.2 Å². The van der Waals surface area contributed by atoms with Crippen molar-refractivity contribution >= 4 is 11.5 Å². The Labute approximate surface area is 129 Å². The Morgan fingerprint density at radius 1 is 1.14 bits per heavy atom. The van der Waals surface area contributed by atoms with Crippen LogP contribution in [0.3, 0.4) is 0 Å². The molecule has 1 aliphatic heterocycles. The number of hydrogen-bond donors (Lipinski definition) is 0. The third kappa shape index (κ3) is 2.86. The molecule has 0 bridgehead atoms. The molecular formula is C18H18N2O2. The summed E-state index contributed by atoms with van der Waals surface area (Å²) in [6.07, 6.45) is 4.56. The summed E-state index contributed by atoms with van der Waals surface area (Å²) in [6, 6.07) is 13.3. The zero-order valence-electron chi connectivity index (χ0n) is 12.5. The van der Waals surface area contributed by atoms with Crippen LogP contribution in [0.2, 0.25) is 0 Å². The molecule has 22 heavy (non-hydrogen) atoms. The van der Waals surface area contributed by atoms with Crippen molar-refractivity contribution in [3.63, 3.8) is 0 Å². The minimum atomic E-state index is -0.164. The zero-order chi connectivity index (χ0) is 15.5. The standard InChI is InChI=1S/C18H18N2O2/c1-19-10-7-16(13-17(19)21)18(22)20-11-8-15(9-12-20)14-5-3-2-4-6-14/h2-8,10,13H,9,11-12H2,1H3. The highest BCUT2D eigenvalue weighted by Gasteiger charge is 2.19. The van der Waals surface area contributed by atoms with Crippen LogP contribution in [0.25, 0.3) is 5.57 Å². The van der Waals surface area contributed by atoms with E-state index in [-0.39, 0.29) is 11.5 Å². The van der Waals surface area contributed by atoms with Gasteiger partial charge in [0.15, 0.2) is 0 Å². The van der Waals surface area contributed by atoms with E-state index in [9.17, 15) is 9.59 Å². The second kappa shape index (κ2) is 6.02. The molecule has 0 unspecified atom stereocenters. The Kier molecular flexibility index (Phi) is 3.92. The van der Waals surface area contributed by atoms with Crippen molar-refractivity contribution in [1.29, 1.82) is 0 Å². The molecule has 0 atom stereocenters. The van der Waals surface area contributed by atoms with E-state index in [4.69, 9.17) is 0 Å². The molecule has 1 amide bonds. The van der Waals surface area contributed by atoms with Crippen LogP contribution in [0.15, 0.2) is 59.5 Å². The third-order valence-corrected chi connectivity index (χ3v) is 3.99. The molecule has 0 radical (unpaired) electrons. The van der Waals surface area contributed by atoms with Gasteiger partial charge in [-0.3, -0.25) is 9.59 Å². The van der Waals surface area contributed by atoms with E-state index in [0.29, 0.717) is 18.7 Å². The topological polar surface area (TPSA) is 42.3 Å². The summed E-state index contributed by atoms with van der Waals surface area (Å²) in [4.78, 5) is 25.9. The van der Waals surface area contributed by atoms with E-state index in [1.807, 2.05) is 18.2 Å². The first-order valence-corrected chi connectivity index (χ1v) is 7.35. The lowest BCUT2D eigenvalue weighted by molar-refractivity contribution is 0.0772. The molecule has 0 fully saturated rings. The van der Waals surface area contributed by atoms with Gasteiger partial charge in [0.2, 0.25) is 0 Å². The maximum atomic E-state index is 12.5. The van der Waals surface area contributed by atoms with Crippen LogP contribution in [-0.4, -0.2) is 28.5 Å². The fraction of sp³-hybridized carbons (Fsp3) is 0.222. The van der Waals surface area contributed by atoms with Gasteiger partial charge < -0.3 is 9.47 Å². The van der Waals surface area contributed by atoms with Crippen molar-refractivity contribution < 1.29 is 4.79 Å². The molecule has 0 saturated carbocycles. The molecule has 4 heteroatoms. The van der Waals surface area contributed by atoms with Crippen molar-refractivity contribution in [2.45, 2.75) is 6.42 Å². The Morgan fingerprint density at radius 3 is 2.55 bits per heavy atom. The maximum absolute atomic E-state index is 12.5. The Balaban J connectivity index is 1.75. The number of amides is 1. The number of carbonyl (C=O) groups is 1. The minimum absolute atomic E-state index is 0.0824. The van der Waals surface area contributed by atoms with Crippen molar-refractivity contribution in [1.82, 2.24) is 9.47 Å². The van der Waals surface area contributed by atoms with Gasteiger partial charge >= 0.3 is 0 Å². The summed E-state index contributed by atoms with van der Waals surface area (Å²) in [5.74, 6) is -0.0824. The number of nitrogens with zero attached hydrogens (tertiary/aromatic N) is 2. The lowest BCUT2D eigenvalue weighted by Crippen LogP contribution is -2.35. The number of benzene rings is 1. The van der Waals surface area contributed by atoms with Gasteiger partial charge in [-0.1, -0.05) is 36.4 Å². The average molecular weight is 294 g/mol. The largest absolute Gasteiger partial charge is 0.335 e. The third-order valence-electron chi connectivity index (χ3n) is 3.99. The van der Waals surface area contributed by atoms with Crippen LogP contribution < -0.4 is 5.56 Å². The fourth-order valence-electron chi connectivity index (χ4n) is 2.63. The van der Waals surface area contributed by atoms with Crippen LogP contribution in [0.4, 0.5) is 0 Å². The molecule has 1 aromatic carbocycles. The van der Waals surface area contributed by atoms with Gasteiger partial charge in [-0.25, -0.2) is 0 Å². The van der Waals surface area contributed by atoms with E-state index in [0.717, 1.165) is 6.42 Å². The van der Waals surface area contributed by atoms with Crippen molar-refractivity contribution in [3.8, 4) is 0 Å². The molecule has 1 aromatic heterocycles. The summed E-state index contributed by atoms with van der Waals surface area (Å²) >= 11 is 0. The molecule has 3 rings (SSSR count). The Bertz CT molecular complexity index is 775. The van der Waals surface area contributed by atoms with Gasteiger partial charge in [-0.05, 0) is 23.6 Å². The normalized spacial score (nSPS) is 14.6. The molecule has 1 aliphatic rings. The summed E-state index contributed by atoms with van der Waals surface area (Å²) in [5.41, 5.74) is 2.78. The van der Waals surface area contributed by atoms with Crippen LogP contribution in [0.1, 0.15) is 22.3 Å². The number of carbonyl (C=O) groups excluding carboxylic acids is 1. The van der Waals surface area contributed by atoms with Gasteiger partial charge in [0.05, 0.1) is 0 Å². The maximum Gasteiger partial charge on any atom is 0.254 e. The molecule has 4 nitrogen and oxygen atoms in total. The van der Waals surface area contributed by atoms with Crippen LogP contribution in [0.5, 0.6) is 0 Å². The number of aryl methyl sites for hydroxylation is 1. The first-order valence-electron chi connectivity index (χ1n) is 7.35. The highest BCUT2D eigenvalue weighted by atomic mass is 16.2. The van der Waals surface area contributed by atoms with E-state index in [1.54, 1.807) is 24.2 Å². The number of rotatable bonds is 2. The first-order chi connectivity index (χ1) is 10.6. The smallest absolute Gasteiger partial charge is 0.254 e. The summed E-state index contributed by atoms with van der Waals surface area (Å²) in [5, 5.41) is 0. The lowest BCUT2D eigenvalue weighted by Gasteiger charge is -2.26. The predicted octanol–water partition coefficient (Wildman–Crippen LogP) is 2.31. The minimum Gasteiger partial charge on any atom is -0.335 e. The van der Waals surface area contributed by atoms with Crippen LogP contribution in [0, 0.1) is 0 Å². The fourth-order valence-corrected chi connectivity index (χ4v) is 2.63. The van der Waals surface area contributed by atoms with Crippen LogP contribution in [-0.2, 0) is 7.05 Å². The molecular weight excluding hydrogens is 276 g/mol. The Morgan fingerprint density at radius 2 is 1.91 bits per heavy atom. The van der Waals surface area contributed by atoms with E-state index in [1.165, 1.54) is 21.8 Å². The molecule has 0 saturated heterocycles. The summed E-state index contributed by atoms with van der Waals surface area (Å²) in [7, 11) is 1.67. The summed E-state index contributed by atoms with van der Waals surface area (Å²) < 4.78 is 1.46. The number of hydrogen-bond acceptors (Lipinski definition) is 2. The second-order valence-corrected chi connectivity index (χ2v) is 5.46. The molecule has 112 valence electrons. The monoisotopic (exact) mass is 294 g/mol. The van der Waals surface area contributed by atoms with Crippen molar-refractivity contribution in [2.75, 3.05) is 13.1 Å². The summed E-state index contributed by atoms with van der Waals surface area (Å²) in [6.45, 7) is 1.26. The van der Waals surface area contributed by atoms with Gasteiger partial charge in [0, 0.05) is 38.0 Å². The Hall–Kier alpha value is -2.62. The van der Waals surface area contributed by atoms with Crippen molar-refractivity contribution in [3.05, 3.63) is 76.2 Å². The SMILES string of the molecule is Cn1ccc(C(=O)N2CC=C(c3ccccc3)CC2)cc1=O. The van der Waals surface area contributed by atoms with Gasteiger partial charge in [-0.2, -0.15) is 0 Å². The number of aromatic nitrogens is 1. The molecule has 2 heterocycles. The average Bonchev–Trinajstić information content (AvgIpc) is 2.58. The van der Waals surface area contributed by atoms with E-state index >= 15 is 0 Å². The quantitative estimate of drug-likeness (QED) is 0.853. The second-order valence-electron chi connectivity index (χ2n) is 5.46. The highest BCUT2D eigenvalue weighted by molar-refractivity contribution is 5.94. The van der Waals surface area contributed by atoms with Gasteiger partial charge in [0.25, 0.3) is 11.5 Å². The molecule has 2 aromatic rings. The number of pyridine rings is 1. The van der Waals surface area contributed by atoms with Crippen molar-refractivity contribution in [2.24, 2.45) is 7.05 Å². The highest BCUT2D eigenvalue weighted by Crippen LogP contribution is 2.22. The molecule has 0 N–H and O–H groups in total. The van der Waals surface area contributed by atoms with E-state index < -0.39 is 0 Å². The zero-order valence-corrected chi connectivity index (χ0v) is 12.5. The molecule has 0 aliphatic carbocycles. The van der Waals surface area contributed by atoms with Gasteiger partial charge in [0.1, 0.15) is 0 Å². The molecule has 0 spiro atoms. The van der Waals surface area contributed by atoms with Gasteiger partial charge in [-0.15, -0.1) is 0 Å². The lowest BCUT2D eigenvalue weighted by atomic mass is 9.99.